The van der Waals surface area contributed by atoms with Crippen molar-refractivity contribution in [3.05, 3.63) is 51.8 Å². The largest absolute Gasteiger partial charge is 0.481 e. The molecule has 2 aromatic rings. The highest BCUT2D eigenvalue weighted by atomic mass is 79.9. The maximum atomic E-state index is 12.4. The minimum atomic E-state index is -0.942. The number of carbonyl (C=O) groups excluding carboxylic acids is 1. The topological polar surface area (TPSA) is 67.3 Å². The zero-order valence-electron chi connectivity index (χ0n) is 13.6. The molecule has 0 amide bonds. The standard InChI is InChI=1S/C18H17BrClNO3/c1-9-16(12-4-6-13(20)7-5-12)14(8-15(22)23)11(3)21-17(9)18(24)10(2)19/h4-7,10H,8H2,1-3H3,(H,22,23). The number of aryl methyl sites for hydroxylation is 1. The van der Waals surface area contributed by atoms with Crippen LogP contribution in [0.15, 0.2) is 24.3 Å². The molecule has 0 aliphatic rings. The van der Waals surface area contributed by atoms with Gasteiger partial charge in [0.2, 0.25) is 0 Å². The number of alkyl halides is 1. The van der Waals surface area contributed by atoms with Gasteiger partial charge in [0.25, 0.3) is 0 Å². The molecule has 0 aliphatic carbocycles. The number of aromatic nitrogens is 1. The van der Waals surface area contributed by atoms with E-state index in [0.717, 1.165) is 11.1 Å². The van der Waals surface area contributed by atoms with Gasteiger partial charge in [0.15, 0.2) is 5.78 Å². The molecule has 0 spiro atoms. The van der Waals surface area contributed by atoms with Crippen molar-refractivity contribution in [2.24, 2.45) is 0 Å². The first-order valence-electron chi connectivity index (χ1n) is 7.38. The van der Waals surface area contributed by atoms with E-state index in [-0.39, 0.29) is 17.0 Å². The Hall–Kier alpha value is -1.72. The predicted molar refractivity (Wildman–Crippen MR) is 98.2 cm³/mol. The van der Waals surface area contributed by atoms with Crippen LogP contribution in [-0.4, -0.2) is 26.7 Å². The van der Waals surface area contributed by atoms with Crippen molar-refractivity contribution >= 4 is 39.3 Å². The summed E-state index contributed by atoms with van der Waals surface area (Å²) in [5.74, 6) is -1.07. The lowest BCUT2D eigenvalue weighted by molar-refractivity contribution is -0.136. The van der Waals surface area contributed by atoms with Crippen LogP contribution in [-0.2, 0) is 11.2 Å². The molecule has 1 unspecified atom stereocenters. The number of hydrogen-bond acceptors (Lipinski definition) is 3. The van der Waals surface area contributed by atoms with Crippen molar-refractivity contribution in [3.63, 3.8) is 0 Å². The minimum absolute atomic E-state index is 0.132. The Kier molecular flexibility index (Phi) is 5.78. The Morgan fingerprint density at radius 3 is 2.33 bits per heavy atom. The number of pyridine rings is 1. The van der Waals surface area contributed by atoms with Crippen molar-refractivity contribution < 1.29 is 14.7 Å². The molecule has 1 N–H and O–H groups in total. The van der Waals surface area contributed by atoms with Crippen LogP contribution in [0.1, 0.15) is 34.2 Å². The number of carboxylic acid groups (broad SMARTS) is 1. The van der Waals surface area contributed by atoms with E-state index < -0.39 is 5.97 Å². The zero-order chi connectivity index (χ0) is 18.0. The SMILES string of the molecule is Cc1nc(C(=O)C(C)Br)c(C)c(-c2ccc(Cl)cc2)c1CC(=O)O. The average Bonchev–Trinajstić information content (AvgIpc) is 2.51. The molecule has 0 saturated heterocycles. The van der Waals surface area contributed by atoms with Gasteiger partial charge in [0.05, 0.1) is 11.2 Å². The fourth-order valence-electron chi connectivity index (χ4n) is 2.65. The second-order valence-electron chi connectivity index (χ2n) is 5.58. The van der Waals surface area contributed by atoms with Crippen molar-refractivity contribution in [1.82, 2.24) is 4.98 Å². The Balaban J connectivity index is 2.78. The summed E-state index contributed by atoms with van der Waals surface area (Å²) in [4.78, 5) is 27.7. The summed E-state index contributed by atoms with van der Waals surface area (Å²) in [7, 11) is 0. The van der Waals surface area contributed by atoms with Crippen LogP contribution in [0.25, 0.3) is 11.1 Å². The molecule has 1 heterocycles. The molecule has 2 rings (SSSR count). The monoisotopic (exact) mass is 409 g/mol. The van der Waals surface area contributed by atoms with E-state index in [1.54, 1.807) is 32.9 Å². The van der Waals surface area contributed by atoms with Crippen LogP contribution in [0, 0.1) is 13.8 Å². The molecule has 0 radical (unpaired) electrons. The lowest BCUT2D eigenvalue weighted by Gasteiger charge is -2.18. The van der Waals surface area contributed by atoms with Gasteiger partial charge in [-0.25, -0.2) is 4.98 Å². The molecular formula is C18H17BrClNO3. The number of aliphatic carboxylic acids is 1. The lowest BCUT2D eigenvalue weighted by Crippen LogP contribution is -2.17. The molecule has 0 aliphatic heterocycles. The molecule has 126 valence electrons. The Bertz CT molecular complexity index is 801. The van der Waals surface area contributed by atoms with Crippen molar-refractivity contribution in [2.45, 2.75) is 32.0 Å². The van der Waals surface area contributed by atoms with E-state index >= 15 is 0 Å². The second-order valence-corrected chi connectivity index (χ2v) is 7.39. The molecule has 0 fully saturated rings. The van der Waals surface area contributed by atoms with E-state index in [0.29, 0.717) is 27.5 Å². The summed E-state index contributed by atoms with van der Waals surface area (Å²) in [5.41, 5.74) is 3.74. The maximum Gasteiger partial charge on any atom is 0.307 e. The quantitative estimate of drug-likeness (QED) is 0.577. The van der Waals surface area contributed by atoms with E-state index in [9.17, 15) is 14.7 Å². The first-order valence-corrected chi connectivity index (χ1v) is 8.67. The molecular weight excluding hydrogens is 394 g/mol. The third-order valence-corrected chi connectivity index (χ3v) is 4.47. The number of halogens is 2. The molecule has 0 bridgehead atoms. The second kappa shape index (κ2) is 7.45. The van der Waals surface area contributed by atoms with E-state index in [2.05, 4.69) is 20.9 Å². The van der Waals surface area contributed by atoms with Gasteiger partial charge in [-0.1, -0.05) is 39.7 Å². The zero-order valence-corrected chi connectivity index (χ0v) is 15.9. The van der Waals surface area contributed by atoms with Crippen LogP contribution in [0.2, 0.25) is 5.02 Å². The normalized spacial score (nSPS) is 12.0. The number of benzene rings is 1. The molecule has 1 aromatic heterocycles. The predicted octanol–water partition coefficient (Wildman–Crippen LogP) is 4.61. The van der Waals surface area contributed by atoms with Crippen LogP contribution in [0.5, 0.6) is 0 Å². The van der Waals surface area contributed by atoms with Crippen molar-refractivity contribution in [2.75, 3.05) is 0 Å². The van der Waals surface area contributed by atoms with Gasteiger partial charge in [0.1, 0.15) is 5.69 Å². The van der Waals surface area contributed by atoms with Crippen LogP contribution in [0.3, 0.4) is 0 Å². The molecule has 6 heteroatoms. The van der Waals surface area contributed by atoms with Crippen LogP contribution < -0.4 is 0 Å². The molecule has 1 aromatic carbocycles. The highest BCUT2D eigenvalue weighted by Gasteiger charge is 2.23. The highest BCUT2D eigenvalue weighted by Crippen LogP contribution is 2.33. The summed E-state index contributed by atoms with van der Waals surface area (Å²) in [5, 5.41) is 9.83. The smallest absolute Gasteiger partial charge is 0.307 e. The number of rotatable bonds is 5. The van der Waals surface area contributed by atoms with E-state index in [4.69, 9.17) is 11.6 Å². The number of carbonyl (C=O) groups is 2. The average molecular weight is 411 g/mol. The van der Waals surface area contributed by atoms with Gasteiger partial charge in [-0.15, -0.1) is 0 Å². The Morgan fingerprint density at radius 1 is 1.25 bits per heavy atom. The van der Waals surface area contributed by atoms with Crippen LogP contribution in [0.4, 0.5) is 0 Å². The third kappa shape index (κ3) is 3.84. The van der Waals surface area contributed by atoms with E-state index in [1.807, 2.05) is 12.1 Å². The number of carboxylic acids is 1. The van der Waals surface area contributed by atoms with Crippen LogP contribution >= 0.6 is 27.5 Å². The van der Waals surface area contributed by atoms with Gasteiger partial charge in [-0.3, -0.25) is 9.59 Å². The first-order chi connectivity index (χ1) is 11.2. The molecule has 4 nitrogen and oxygen atoms in total. The maximum absolute atomic E-state index is 12.4. The molecule has 1 atom stereocenters. The van der Waals surface area contributed by atoms with Gasteiger partial charge in [-0.2, -0.15) is 0 Å². The van der Waals surface area contributed by atoms with Crippen molar-refractivity contribution in [1.29, 1.82) is 0 Å². The Labute approximate surface area is 154 Å². The summed E-state index contributed by atoms with van der Waals surface area (Å²) >= 11 is 9.23. The lowest BCUT2D eigenvalue weighted by atomic mass is 9.90. The fourth-order valence-corrected chi connectivity index (χ4v) is 2.99. The first kappa shape index (κ1) is 18.6. The number of nitrogens with zero attached hydrogens (tertiary/aromatic N) is 1. The summed E-state index contributed by atoms with van der Waals surface area (Å²) < 4.78 is 0. The number of hydrogen-bond donors (Lipinski definition) is 1. The minimum Gasteiger partial charge on any atom is -0.481 e. The summed E-state index contributed by atoms with van der Waals surface area (Å²) in [6.07, 6.45) is -0.157. The summed E-state index contributed by atoms with van der Waals surface area (Å²) in [6, 6.07) is 7.12. The van der Waals surface area contributed by atoms with Crippen molar-refractivity contribution in [3.8, 4) is 11.1 Å². The van der Waals surface area contributed by atoms with Gasteiger partial charge >= 0.3 is 5.97 Å². The molecule has 24 heavy (non-hydrogen) atoms. The third-order valence-electron chi connectivity index (χ3n) is 3.80. The van der Waals surface area contributed by atoms with Gasteiger partial charge in [0, 0.05) is 10.7 Å². The number of Topliss-reactive ketones (excluding diaryl/α,β-unsaturated/α-hetero) is 1. The summed E-state index contributed by atoms with van der Waals surface area (Å²) in [6.45, 7) is 5.27. The molecule has 0 saturated carbocycles. The number of ketones is 1. The highest BCUT2D eigenvalue weighted by molar-refractivity contribution is 9.10. The Morgan fingerprint density at radius 2 is 1.83 bits per heavy atom. The van der Waals surface area contributed by atoms with Gasteiger partial charge < -0.3 is 5.11 Å². The van der Waals surface area contributed by atoms with Gasteiger partial charge in [-0.05, 0) is 55.2 Å². The fraction of sp³-hybridized carbons (Fsp3) is 0.278. The van der Waals surface area contributed by atoms with E-state index in [1.165, 1.54) is 0 Å².